The van der Waals surface area contributed by atoms with Crippen molar-refractivity contribution in [1.82, 2.24) is 0 Å². The lowest BCUT2D eigenvalue weighted by Gasteiger charge is -2.18. The molecule has 0 aromatic carbocycles. The van der Waals surface area contributed by atoms with Crippen LogP contribution in [0, 0.1) is 0 Å². The van der Waals surface area contributed by atoms with Gasteiger partial charge < -0.3 is 5.73 Å². The predicted octanol–water partition coefficient (Wildman–Crippen LogP) is 9.74. The molecule has 0 fully saturated rings. The van der Waals surface area contributed by atoms with E-state index in [-0.39, 0.29) is 24.0 Å². The summed E-state index contributed by atoms with van der Waals surface area (Å²) in [4.78, 5) is 0. The molecule has 0 unspecified atom stereocenters. The molecule has 28 heavy (non-hydrogen) atoms. The van der Waals surface area contributed by atoms with Crippen molar-refractivity contribution in [1.29, 1.82) is 0 Å². The van der Waals surface area contributed by atoms with Crippen molar-refractivity contribution in [2.45, 2.75) is 136 Å². The van der Waals surface area contributed by atoms with Gasteiger partial charge in [-0.2, -0.15) is 0 Å². The molecule has 0 spiro atoms. The van der Waals surface area contributed by atoms with Crippen LogP contribution in [0.25, 0.3) is 0 Å². The summed E-state index contributed by atoms with van der Waals surface area (Å²) in [7, 11) is 1.87. The minimum absolute atomic E-state index is 0. The maximum atomic E-state index is 4.50. The summed E-state index contributed by atoms with van der Waals surface area (Å²) in [6.07, 6.45) is 31.2. The van der Waals surface area contributed by atoms with Crippen LogP contribution >= 0.6 is 31.9 Å². The largest absolute Gasteiger partial charge is 0.333 e. The zero-order valence-corrected chi connectivity index (χ0v) is 23.5. The third-order valence-corrected chi connectivity index (χ3v) is 8.33. The highest BCUT2D eigenvalue weighted by molar-refractivity contribution is 14.0. The Morgan fingerprint density at radius 1 is 0.393 bits per heavy atom. The fourth-order valence-electron chi connectivity index (χ4n) is 3.68. The lowest BCUT2D eigenvalue weighted by molar-refractivity contribution is 0.617. The third kappa shape index (κ3) is 29.3. The minimum atomic E-state index is 0. The van der Waals surface area contributed by atoms with Crippen LogP contribution in [0.4, 0.5) is 0 Å². The first kappa shape index (κ1) is 33.8. The Balaban J connectivity index is -0.00000201. The highest BCUT2D eigenvalue weighted by atomic mass is 127. The van der Waals surface area contributed by atoms with Gasteiger partial charge in [0.15, 0.2) is 0 Å². The van der Waals surface area contributed by atoms with Crippen LogP contribution in [0.1, 0.15) is 136 Å². The van der Waals surface area contributed by atoms with Crippen molar-refractivity contribution in [3.63, 3.8) is 0 Å². The molecule has 0 saturated heterocycles. The second-order valence-corrected chi connectivity index (χ2v) is 10.8. The van der Waals surface area contributed by atoms with Crippen molar-refractivity contribution in [2.24, 2.45) is 5.73 Å². The van der Waals surface area contributed by atoms with Crippen molar-refractivity contribution in [2.75, 3.05) is 25.5 Å². The van der Waals surface area contributed by atoms with Crippen LogP contribution in [0.15, 0.2) is 0 Å². The molecule has 174 valence electrons. The molecule has 0 aliphatic carbocycles. The Morgan fingerprint density at radius 3 is 0.857 bits per heavy atom. The van der Waals surface area contributed by atoms with E-state index < -0.39 is 0 Å². The number of nitrogens with two attached hydrogens (primary N) is 1. The molecule has 0 atom stereocenters. The van der Waals surface area contributed by atoms with Gasteiger partial charge in [0.1, 0.15) is 0 Å². The summed E-state index contributed by atoms with van der Waals surface area (Å²) in [5.41, 5.74) is 4.50. The number of halogens is 1. The van der Waals surface area contributed by atoms with Crippen LogP contribution in [-0.4, -0.2) is 25.5 Å². The average Bonchev–Trinajstić information content (AvgIpc) is 2.70. The van der Waals surface area contributed by atoms with Crippen molar-refractivity contribution in [3.05, 3.63) is 0 Å². The van der Waals surface area contributed by atoms with Crippen LogP contribution < -0.4 is 5.73 Å². The highest BCUT2D eigenvalue weighted by Gasteiger charge is 2.07. The van der Waals surface area contributed by atoms with Crippen LogP contribution in [0.2, 0.25) is 0 Å². The van der Waals surface area contributed by atoms with E-state index in [9.17, 15) is 0 Å². The maximum Gasteiger partial charge on any atom is -0.0195 e. The summed E-state index contributed by atoms with van der Waals surface area (Å²) in [5.74, 6) is 0. The van der Waals surface area contributed by atoms with E-state index in [1.807, 2.05) is 0 Å². The molecule has 1 nitrogen and oxygen atoms in total. The molecule has 2 N–H and O–H groups in total. The first-order valence-electron chi connectivity index (χ1n) is 12.6. The molecule has 0 radical (unpaired) electrons. The molecular weight excluding hydrogens is 472 g/mol. The molecule has 0 bridgehead atoms. The Hall–Kier alpha value is 1.12. The number of hydrogen-bond donors (Lipinski definition) is 1. The van der Waals surface area contributed by atoms with E-state index in [2.05, 4.69) is 26.5 Å². The summed E-state index contributed by atoms with van der Waals surface area (Å²) < 4.78 is 0. The molecule has 0 aliphatic rings. The number of hydrogen-bond acceptors (Lipinski definition) is 1. The summed E-state index contributed by atoms with van der Waals surface area (Å²) in [5, 5.41) is 0. The predicted molar refractivity (Wildman–Crippen MR) is 147 cm³/mol. The van der Waals surface area contributed by atoms with Gasteiger partial charge in [-0.1, -0.05) is 117 Å². The van der Waals surface area contributed by atoms with E-state index in [4.69, 9.17) is 0 Å². The highest BCUT2D eigenvalue weighted by Crippen LogP contribution is 2.39. The zero-order chi connectivity index (χ0) is 20.4. The van der Waals surface area contributed by atoms with Crippen molar-refractivity contribution in [3.8, 4) is 0 Å². The average molecular weight is 530 g/mol. The van der Waals surface area contributed by atoms with E-state index in [1.165, 1.54) is 123 Å². The lowest BCUT2D eigenvalue weighted by atomic mass is 10.1. The molecular formula is C25H57INP. The molecule has 0 aromatic rings. The Morgan fingerprint density at radius 2 is 0.607 bits per heavy atom. The first-order valence-corrected chi connectivity index (χ1v) is 14.5. The van der Waals surface area contributed by atoms with Gasteiger partial charge in [0.05, 0.1) is 0 Å². The Bertz CT molecular complexity index is 201. The van der Waals surface area contributed by atoms with Gasteiger partial charge in [0.25, 0.3) is 0 Å². The normalized spacial score (nSPS) is 10.5. The van der Waals surface area contributed by atoms with Crippen LogP contribution in [-0.2, 0) is 0 Å². The SMILES string of the molecule is CCCCCCCCP(CCCCCCCC)CCCCCCCC.CN.I. The van der Waals surface area contributed by atoms with Crippen molar-refractivity contribution >= 4 is 31.9 Å². The fraction of sp³-hybridized carbons (Fsp3) is 1.00. The molecule has 0 amide bonds. The smallest absolute Gasteiger partial charge is 0.0195 e. The summed E-state index contributed by atoms with van der Waals surface area (Å²) in [6, 6.07) is 0. The molecule has 0 aliphatic heterocycles. The standard InChI is InChI=1S/C24H51P.CH5N.HI/c1-4-7-10-13-16-19-22-25(23-20-17-14-11-8-5-2)24-21-18-15-12-9-6-3;1-2;/h4-24H2,1-3H3;2H2,1H3;1H. The van der Waals surface area contributed by atoms with Gasteiger partial charge >= 0.3 is 0 Å². The second kappa shape index (κ2) is 32.8. The maximum absolute atomic E-state index is 4.50. The van der Waals surface area contributed by atoms with Crippen LogP contribution in [0.5, 0.6) is 0 Å². The van der Waals surface area contributed by atoms with Gasteiger partial charge in [-0.25, -0.2) is 0 Å². The minimum Gasteiger partial charge on any atom is -0.333 e. The molecule has 0 heterocycles. The molecule has 0 aromatic heterocycles. The van der Waals surface area contributed by atoms with E-state index in [0.717, 1.165) is 0 Å². The van der Waals surface area contributed by atoms with Gasteiger partial charge in [-0.15, -0.1) is 31.9 Å². The molecule has 3 heteroatoms. The lowest BCUT2D eigenvalue weighted by Crippen LogP contribution is -1.97. The quantitative estimate of drug-likeness (QED) is 0.0894. The Labute approximate surface area is 198 Å². The van der Waals surface area contributed by atoms with Crippen molar-refractivity contribution < 1.29 is 0 Å². The van der Waals surface area contributed by atoms with E-state index in [1.54, 1.807) is 18.5 Å². The van der Waals surface area contributed by atoms with E-state index >= 15 is 0 Å². The third-order valence-electron chi connectivity index (χ3n) is 5.48. The van der Waals surface area contributed by atoms with Gasteiger partial charge in [0, 0.05) is 0 Å². The zero-order valence-electron chi connectivity index (χ0n) is 20.3. The second-order valence-electron chi connectivity index (χ2n) is 8.14. The number of unbranched alkanes of at least 4 members (excludes halogenated alkanes) is 15. The number of rotatable bonds is 21. The van der Waals surface area contributed by atoms with E-state index in [0.29, 0.717) is 7.92 Å². The van der Waals surface area contributed by atoms with Gasteiger partial charge in [-0.3, -0.25) is 0 Å². The monoisotopic (exact) mass is 529 g/mol. The van der Waals surface area contributed by atoms with Crippen LogP contribution in [0.3, 0.4) is 0 Å². The van der Waals surface area contributed by atoms with Gasteiger partial charge in [0.2, 0.25) is 0 Å². The summed E-state index contributed by atoms with van der Waals surface area (Å²) in [6.45, 7) is 6.96. The molecule has 0 rings (SSSR count). The summed E-state index contributed by atoms with van der Waals surface area (Å²) >= 11 is 0. The topological polar surface area (TPSA) is 26.0 Å². The van der Waals surface area contributed by atoms with Gasteiger partial charge in [-0.05, 0) is 44.8 Å². The first-order chi connectivity index (χ1) is 13.3. The fourth-order valence-corrected chi connectivity index (χ4v) is 6.37. The molecule has 0 saturated carbocycles. The Kier molecular flexibility index (Phi) is 39.5.